The quantitative estimate of drug-likeness (QED) is 0.927. The molecule has 2 aliphatic rings. The van der Waals surface area contributed by atoms with E-state index in [1.165, 1.54) is 24.1 Å². The normalized spacial score (nSPS) is 23.0. The van der Waals surface area contributed by atoms with Gasteiger partial charge in [-0.2, -0.15) is 0 Å². The lowest BCUT2D eigenvalue weighted by atomic mass is 9.87. The summed E-state index contributed by atoms with van der Waals surface area (Å²) in [5.74, 6) is 0. The first-order chi connectivity index (χ1) is 10.1. The minimum Gasteiger partial charge on any atom is -0.369 e. The summed E-state index contributed by atoms with van der Waals surface area (Å²) in [6.07, 6.45) is 4.81. The Bertz CT molecular complexity index is 469. The Labute approximate surface area is 129 Å². The van der Waals surface area contributed by atoms with Crippen LogP contribution >= 0.6 is 0 Å². The number of hydrogen-bond donors (Lipinski definition) is 1. The summed E-state index contributed by atoms with van der Waals surface area (Å²) in [6.45, 7) is 9.12. The zero-order chi connectivity index (χ0) is 14.9. The maximum Gasteiger partial charge on any atom is 0.0430 e. The fourth-order valence-corrected chi connectivity index (χ4v) is 3.92. The average Bonchev–Trinajstić information content (AvgIpc) is 2.95. The largest absolute Gasteiger partial charge is 0.369 e. The molecule has 3 nitrogen and oxygen atoms in total. The standard InChI is InChI=1S/C18H29N3/c1-15(2)20-11-13-21(14-12-20)17-8-4-3-7-16(17)18(19)9-5-6-10-18/h3-4,7-8,15H,5-6,9-14,19H2,1-2H3. The van der Waals surface area contributed by atoms with Crippen LogP contribution in [0.25, 0.3) is 0 Å². The predicted octanol–water partition coefficient (Wildman–Crippen LogP) is 2.95. The maximum absolute atomic E-state index is 6.73. The SMILES string of the molecule is CC(C)N1CCN(c2ccccc2C2(N)CCCC2)CC1. The van der Waals surface area contributed by atoms with E-state index in [2.05, 4.69) is 47.9 Å². The molecule has 0 amide bonds. The zero-order valence-corrected chi connectivity index (χ0v) is 13.5. The Kier molecular flexibility index (Phi) is 4.23. The lowest BCUT2D eigenvalue weighted by Gasteiger charge is -2.40. The van der Waals surface area contributed by atoms with Gasteiger partial charge in [0.25, 0.3) is 0 Å². The van der Waals surface area contributed by atoms with Crippen molar-refractivity contribution in [3.8, 4) is 0 Å². The highest BCUT2D eigenvalue weighted by molar-refractivity contribution is 5.57. The molecule has 0 aromatic heterocycles. The van der Waals surface area contributed by atoms with Gasteiger partial charge in [0.05, 0.1) is 0 Å². The number of hydrogen-bond acceptors (Lipinski definition) is 3. The van der Waals surface area contributed by atoms with Gasteiger partial charge in [0.15, 0.2) is 0 Å². The number of benzene rings is 1. The predicted molar refractivity (Wildman–Crippen MR) is 89.7 cm³/mol. The zero-order valence-electron chi connectivity index (χ0n) is 13.5. The molecule has 0 radical (unpaired) electrons. The summed E-state index contributed by atoms with van der Waals surface area (Å²) < 4.78 is 0. The average molecular weight is 287 g/mol. The summed E-state index contributed by atoms with van der Waals surface area (Å²) in [7, 11) is 0. The van der Waals surface area contributed by atoms with Gasteiger partial charge in [-0.15, -0.1) is 0 Å². The van der Waals surface area contributed by atoms with Crippen molar-refractivity contribution in [1.29, 1.82) is 0 Å². The van der Waals surface area contributed by atoms with Gasteiger partial charge in [-0.25, -0.2) is 0 Å². The van der Waals surface area contributed by atoms with Gasteiger partial charge in [-0.05, 0) is 38.3 Å². The van der Waals surface area contributed by atoms with E-state index in [-0.39, 0.29) is 5.54 Å². The molecule has 1 aliphatic carbocycles. The van der Waals surface area contributed by atoms with Crippen molar-refractivity contribution in [2.75, 3.05) is 31.1 Å². The first-order valence-electron chi connectivity index (χ1n) is 8.47. The molecular formula is C18H29N3. The van der Waals surface area contributed by atoms with Gasteiger partial charge in [-0.1, -0.05) is 31.0 Å². The Morgan fingerprint density at radius 2 is 1.62 bits per heavy atom. The smallest absolute Gasteiger partial charge is 0.0430 e. The Hall–Kier alpha value is -1.06. The van der Waals surface area contributed by atoms with E-state index >= 15 is 0 Å². The second kappa shape index (κ2) is 5.98. The van der Waals surface area contributed by atoms with Crippen LogP contribution in [-0.2, 0) is 5.54 Å². The van der Waals surface area contributed by atoms with Crippen LogP contribution < -0.4 is 10.6 Å². The number of piperazine rings is 1. The molecule has 3 heteroatoms. The molecule has 0 bridgehead atoms. The molecule has 1 aromatic rings. The van der Waals surface area contributed by atoms with Gasteiger partial charge in [0.1, 0.15) is 0 Å². The molecular weight excluding hydrogens is 258 g/mol. The van der Waals surface area contributed by atoms with E-state index in [9.17, 15) is 0 Å². The van der Waals surface area contributed by atoms with E-state index in [1.807, 2.05) is 0 Å². The van der Waals surface area contributed by atoms with E-state index in [1.54, 1.807) is 0 Å². The summed E-state index contributed by atoms with van der Waals surface area (Å²) in [4.78, 5) is 5.11. The van der Waals surface area contributed by atoms with Crippen molar-refractivity contribution >= 4 is 5.69 Å². The van der Waals surface area contributed by atoms with Crippen molar-refractivity contribution < 1.29 is 0 Å². The van der Waals surface area contributed by atoms with Crippen molar-refractivity contribution in [3.63, 3.8) is 0 Å². The number of anilines is 1. The summed E-state index contributed by atoms with van der Waals surface area (Å²) in [6, 6.07) is 9.49. The molecule has 1 heterocycles. The molecule has 2 fully saturated rings. The monoisotopic (exact) mass is 287 g/mol. The van der Waals surface area contributed by atoms with Crippen LogP contribution in [0.5, 0.6) is 0 Å². The van der Waals surface area contributed by atoms with Crippen LogP contribution in [0, 0.1) is 0 Å². The van der Waals surface area contributed by atoms with Crippen LogP contribution in [-0.4, -0.2) is 37.1 Å². The second-order valence-corrected chi connectivity index (χ2v) is 7.00. The highest BCUT2D eigenvalue weighted by Crippen LogP contribution is 2.40. The third-order valence-corrected chi connectivity index (χ3v) is 5.32. The van der Waals surface area contributed by atoms with Crippen molar-refractivity contribution in [1.82, 2.24) is 4.90 Å². The highest BCUT2D eigenvalue weighted by Gasteiger charge is 2.34. The van der Waals surface area contributed by atoms with Crippen LogP contribution in [0.1, 0.15) is 45.1 Å². The van der Waals surface area contributed by atoms with Crippen LogP contribution in [0.3, 0.4) is 0 Å². The van der Waals surface area contributed by atoms with E-state index in [0.717, 1.165) is 39.0 Å². The lowest BCUT2D eigenvalue weighted by Crippen LogP contribution is -2.49. The number of rotatable bonds is 3. The van der Waals surface area contributed by atoms with Gasteiger partial charge in [-0.3, -0.25) is 4.90 Å². The van der Waals surface area contributed by atoms with Gasteiger partial charge in [0.2, 0.25) is 0 Å². The molecule has 1 aromatic carbocycles. The van der Waals surface area contributed by atoms with Crippen LogP contribution in [0.2, 0.25) is 0 Å². The fraction of sp³-hybridized carbons (Fsp3) is 0.667. The Morgan fingerprint density at radius 3 is 2.24 bits per heavy atom. The Balaban J connectivity index is 1.80. The first-order valence-corrected chi connectivity index (χ1v) is 8.47. The lowest BCUT2D eigenvalue weighted by molar-refractivity contribution is 0.209. The van der Waals surface area contributed by atoms with E-state index < -0.39 is 0 Å². The summed E-state index contributed by atoms with van der Waals surface area (Å²) >= 11 is 0. The summed E-state index contributed by atoms with van der Waals surface area (Å²) in [5.41, 5.74) is 9.39. The molecule has 0 atom stereocenters. The molecule has 2 N–H and O–H groups in total. The molecule has 21 heavy (non-hydrogen) atoms. The molecule has 3 rings (SSSR count). The van der Waals surface area contributed by atoms with Gasteiger partial charge < -0.3 is 10.6 Å². The van der Waals surface area contributed by atoms with E-state index in [0.29, 0.717) is 6.04 Å². The molecule has 1 aliphatic heterocycles. The van der Waals surface area contributed by atoms with Crippen molar-refractivity contribution in [2.45, 2.75) is 51.1 Å². The third kappa shape index (κ3) is 2.95. The third-order valence-electron chi connectivity index (χ3n) is 5.32. The Morgan fingerprint density at radius 1 is 1.00 bits per heavy atom. The van der Waals surface area contributed by atoms with Crippen LogP contribution in [0.15, 0.2) is 24.3 Å². The van der Waals surface area contributed by atoms with Crippen LogP contribution in [0.4, 0.5) is 5.69 Å². The fourth-order valence-electron chi connectivity index (χ4n) is 3.92. The second-order valence-electron chi connectivity index (χ2n) is 7.00. The first kappa shape index (κ1) is 14.9. The molecule has 1 saturated carbocycles. The summed E-state index contributed by atoms with van der Waals surface area (Å²) in [5, 5.41) is 0. The number of nitrogens with two attached hydrogens (primary N) is 1. The number of nitrogens with zero attached hydrogens (tertiary/aromatic N) is 2. The van der Waals surface area contributed by atoms with Gasteiger partial charge >= 0.3 is 0 Å². The van der Waals surface area contributed by atoms with Crippen molar-refractivity contribution in [3.05, 3.63) is 29.8 Å². The van der Waals surface area contributed by atoms with Crippen molar-refractivity contribution in [2.24, 2.45) is 5.73 Å². The minimum atomic E-state index is -0.0915. The highest BCUT2D eigenvalue weighted by atomic mass is 15.3. The molecule has 0 spiro atoms. The molecule has 116 valence electrons. The topological polar surface area (TPSA) is 32.5 Å². The number of para-hydroxylation sites is 1. The van der Waals surface area contributed by atoms with Gasteiger partial charge in [0, 0.05) is 43.4 Å². The molecule has 0 unspecified atom stereocenters. The minimum absolute atomic E-state index is 0.0915. The maximum atomic E-state index is 6.73. The van der Waals surface area contributed by atoms with E-state index in [4.69, 9.17) is 5.73 Å². The molecule has 1 saturated heterocycles.